The van der Waals surface area contributed by atoms with E-state index in [2.05, 4.69) is 31.0 Å². The number of aliphatic hydroxyl groups is 1. The fraction of sp³-hybridized carbons (Fsp3) is 0.333. The molecule has 2 saturated heterocycles. The minimum Gasteiger partial charge on any atom is -0.483 e. The molecule has 0 saturated carbocycles. The van der Waals surface area contributed by atoms with E-state index in [-0.39, 0.29) is 57.8 Å². The third-order valence-corrected chi connectivity index (χ3v) is 7.75. The van der Waals surface area contributed by atoms with Crippen molar-refractivity contribution in [3.8, 4) is 11.3 Å². The van der Waals surface area contributed by atoms with Crippen molar-refractivity contribution >= 4 is 47.2 Å². The minimum absolute atomic E-state index is 0.158. The monoisotopic (exact) mass is 664 g/mol. The van der Waals surface area contributed by atoms with Gasteiger partial charge in [0.25, 0.3) is 12.4 Å². The van der Waals surface area contributed by atoms with E-state index < -0.39 is 18.0 Å². The second-order valence-electron chi connectivity index (χ2n) is 10.3. The van der Waals surface area contributed by atoms with Crippen molar-refractivity contribution in [3.05, 3.63) is 59.3 Å². The van der Waals surface area contributed by atoms with Crippen LogP contribution < -0.4 is 16.0 Å². The van der Waals surface area contributed by atoms with Crippen molar-refractivity contribution in [2.24, 2.45) is 0 Å². The average Bonchev–Trinajstić information content (AvgIpc) is 3.78. The van der Waals surface area contributed by atoms with Crippen LogP contribution in [0.1, 0.15) is 16.1 Å². The molecule has 0 spiro atoms. The fourth-order valence-corrected chi connectivity index (χ4v) is 5.41. The number of imidazole rings is 1. The predicted molar refractivity (Wildman–Crippen MR) is 158 cm³/mol. The number of urea groups is 1. The van der Waals surface area contributed by atoms with Gasteiger partial charge in [-0.3, -0.25) is 19.1 Å². The number of H-pyrrole nitrogens is 1. The van der Waals surface area contributed by atoms with Crippen molar-refractivity contribution in [2.45, 2.75) is 18.3 Å². The number of fused-ring (bicyclic) bond motifs is 1. The number of β-amino-alcohol motifs (C(OH)–C–C–N with tert-alkyl or cyclic N) is 1. The van der Waals surface area contributed by atoms with Gasteiger partial charge in [0.15, 0.2) is 11.5 Å². The van der Waals surface area contributed by atoms with Crippen molar-refractivity contribution < 1.29 is 37.8 Å². The number of piperazine rings is 1. The Morgan fingerprint density at radius 3 is 2.46 bits per heavy atom. The molecule has 46 heavy (non-hydrogen) atoms. The van der Waals surface area contributed by atoms with Crippen LogP contribution in [0.25, 0.3) is 16.9 Å². The number of aromatic amines is 1. The third-order valence-electron chi connectivity index (χ3n) is 7.43. The number of benzene rings is 1. The maximum Gasteiger partial charge on any atom is 0.433 e. The van der Waals surface area contributed by atoms with Gasteiger partial charge in [0.1, 0.15) is 5.69 Å². The number of nitrogens with one attached hydrogen (secondary N) is 4. The summed E-state index contributed by atoms with van der Waals surface area (Å²) >= 11 is 6.50. The number of aliphatic hydroxyl groups excluding tert-OH is 1. The van der Waals surface area contributed by atoms with Crippen LogP contribution in [0.15, 0.2) is 43.0 Å². The lowest BCUT2D eigenvalue weighted by Gasteiger charge is -2.35. The second-order valence-corrected chi connectivity index (χ2v) is 10.7. The lowest BCUT2D eigenvalue weighted by atomic mass is 10.1. The molecule has 3 aromatic heterocycles. The number of carbonyl (C=O) groups excluding carboxylic acids is 2. The standard InChI is InChI=1S/C26H26ClF3N10O3.CH2O2/c27-17-9-14(35-22-23-33-12-19(40(23)4-3-32-22)16-10-34-37-21(16)26(28,29)30)1-2-15(17)24(42)38-5-7-39(8-6-38)25(43)36-18-11-31-13-20(18)41;2-1-3/h1-4,9-10,12,18,20,31,41H,5-8,11,13H2,(H,32,35)(H,34,37)(H,36,43);1H,(H,2,3)/t18-,20-;/m1./s1. The maximum absolute atomic E-state index is 13.4. The topological polar surface area (TPSA) is 193 Å². The van der Waals surface area contributed by atoms with Crippen molar-refractivity contribution in [1.29, 1.82) is 0 Å². The first-order valence-electron chi connectivity index (χ1n) is 13.8. The molecule has 0 radical (unpaired) electrons. The van der Waals surface area contributed by atoms with Crippen LogP contribution in [0.3, 0.4) is 0 Å². The number of carbonyl (C=O) groups is 3. The number of hydrogen-bond acceptors (Lipinski definition) is 9. The largest absolute Gasteiger partial charge is 0.483 e. The summed E-state index contributed by atoms with van der Waals surface area (Å²) in [6.45, 7) is 1.96. The number of rotatable bonds is 5. The second kappa shape index (κ2) is 13.6. The molecule has 0 bridgehead atoms. The molecular weight excluding hydrogens is 637 g/mol. The van der Waals surface area contributed by atoms with Gasteiger partial charge in [0.05, 0.1) is 46.4 Å². The summed E-state index contributed by atoms with van der Waals surface area (Å²) in [6.07, 6.45) is 0.0308. The molecule has 19 heteroatoms. The Labute approximate surface area is 263 Å². The summed E-state index contributed by atoms with van der Waals surface area (Å²) in [7, 11) is 0. The van der Waals surface area contributed by atoms with E-state index in [9.17, 15) is 27.9 Å². The predicted octanol–water partition coefficient (Wildman–Crippen LogP) is 2.04. The number of hydrogen-bond donors (Lipinski definition) is 6. The highest BCUT2D eigenvalue weighted by Crippen LogP contribution is 2.36. The molecule has 15 nitrogen and oxygen atoms in total. The number of amides is 3. The third kappa shape index (κ3) is 6.82. The first-order valence-corrected chi connectivity index (χ1v) is 14.2. The van der Waals surface area contributed by atoms with E-state index in [1.807, 2.05) is 5.10 Å². The van der Waals surface area contributed by atoms with Crippen LogP contribution in [0, 0.1) is 0 Å². The molecule has 5 heterocycles. The number of aromatic nitrogens is 5. The fourth-order valence-electron chi connectivity index (χ4n) is 5.15. The first-order chi connectivity index (χ1) is 22.0. The van der Waals surface area contributed by atoms with Crippen LogP contribution in [-0.4, -0.2) is 114 Å². The lowest BCUT2D eigenvalue weighted by molar-refractivity contribution is -0.140. The molecule has 4 aromatic rings. The number of halogens is 4. The molecule has 2 aliphatic heterocycles. The molecule has 2 atom stereocenters. The van der Waals surface area contributed by atoms with Crippen molar-refractivity contribution in [3.63, 3.8) is 0 Å². The summed E-state index contributed by atoms with van der Waals surface area (Å²) in [4.78, 5) is 45.9. The van der Waals surface area contributed by atoms with Crippen molar-refractivity contribution in [2.75, 3.05) is 44.6 Å². The summed E-state index contributed by atoms with van der Waals surface area (Å²) in [6, 6.07) is 4.11. The van der Waals surface area contributed by atoms with E-state index in [0.29, 0.717) is 45.0 Å². The lowest BCUT2D eigenvalue weighted by Crippen LogP contribution is -2.56. The van der Waals surface area contributed by atoms with E-state index in [0.717, 1.165) is 6.20 Å². The van der Waals surface area contributed by atoms with E-state index in [1.165, 1.54) is 23.0 Å². The Balaban J connectivity index is 0.00000134. The van der Waals surface area contributed by atoms with Crippen LogP contribution in [0.5, 0.6) is 0 Å². The highest BCUT2D eigenvalue weighted by Gasteiger charge is 2.37. The van der Waals surface area contributed by atoms with Crippen molar-refractivity contribution in [1.82, 2.24) is 45.0 Å². The average molecular weight is 665 g/mol. The van der Waals surface area contributed by atoms with Crippen LogP contribution in [-0.2, 0) is 11.0 Å². The molecular formula is C27H28ClF3N10O5. The van der Waals surface area contributed by atoms with Gasteiger partial charge < -0.3 is 36.0 Å². The van der Waals surface area contributed by atoms with Crippen LogP contribution in [0.2, 0.25) is 5.02 Å². The van der Waals surface area contributed by atoms with Gasteiger partial charge in [-0.1, -0.05) is 11.6 Å². The Hall–Kier alpha value is -4.94. The quantitative estimate of drug-likeness (QED) is 0.172. The van der Waals surface area contributed by atoms with Crippen LogP contribution in [0.4, 0.5) is 29.5 Å². The van der Waals surface area contributed by atoms with Gasteiger partial charge in [-0.25, -0.2) is 14.8 Å². The van der Waals surface area contributed by atoms with E-state index in [1.54, 1.807) is 28.0 Å². The summed E-state index contributed by atoms with van der Waals surface area (Å²) in [5, 5.41) is 31.4. The Morgan fingerprint density at radius 2 is 1.80 bits per heavy atom. The molecule has 6 rings (SSSR count). The Morgan fingerprint density at radius 1 is 1.09 bits per heavy atom. The van der Waals surface area contributed by atoms with E-state index >= 15 is 0 Å². The number of anilines is 2. The number of carboxylic acid groups (broad SMARTS) is 1. The molecule has 2 aliphatic rings. The highest BCUT2D eigenvalue weighted by molar-refractivity contribution is 6.34. The molecule has 2 fully saturated rings. The number of alkyl halides is 3. The molecule has 244 valence electrons. The first kappa shape index (κ1) is 32.5. The molecule has 1 aromatic carbocycles. The summed E-state index contributed by atoms with van der Waals surface area (Å²) < 4.78 is 41.7. The summed E-state index contributed by atoms with van der Waals surface area (Å²) in [5.41, 5.74) is 0.0541. The zero-order valence-corrected chi connectivity index (χ0v) is 24.6. The smallest absolute Gasteiger partial charge is 0.433 e. The molecule has 0 unspecified atom stereocenters. The maximum atomic E-state index is 13.4. The van der Waals surface area contributed by atoms with Gasteiger partial charge in [0, 0.05) is 57.3 Å². The van der Waals surface area contributed by atoms with Crippen LogP contribution >= 0.6 is 11.6 Å². The normalized spacial score (nSPS) is 18.2. The van der Waals surface area contributed by atoms with Gasteiger partial charge in [-0.05, 0) is 18.2 Å². The minimum atomic E-state index is -4.63. The van der Waals surface area contributed by atoms with Gasteiger partial charge in [-0.15, -0.1) is 0 Å². The zero-order valence-electron chi connectivity index (χ0n) is 23.8. The van der Waals surface area contributed by atoms with E-state index in [4.69, 9.17) is 21.5 Å². The summed E-state index contributed by atoms with van der Waals surface area (Å²) in [5.74, 6) is -0.0259. The Bertz CT molecular complexity index is 1720. The number of nitrogens with zero attached hydrogens (tertiary/aromatic N) is 6. The Kier molecular flexibility index (Phi) is 9.59. The molecule has 6 N–H and O–H groups in total. The molecule has 3 amide bonds. The van der Waals surface area contributed by atoms with Gasteiger partial charge >= 0.3 is 12.2 Å². The van der Waals surface area contributed by atoms with Gasteiger partial charge in [-0.2, -0.15) is 18.3 Å². The zero-order chi connectivity index (χ0) is 33.0. The molecule has 0 aliphatic carbocycles. The highest BCUT2D eigenvalue weighted by atomic mass is 35.5. The SMILES string of the molecule is O=C(N[C@@H]1CNC[C@H]1O)N1CCN(C(=O)c2ccc(Nc3nccn4c(-c5cn[nH]c5C(F)(F)F)cnc34)cc2Cl)CC1.O=CO. The van der Waals surface area contributed by atoms with Gasteiger partial charge in [0.2, 0.25) is 0 Å².